The van der Waals surface area contributed by atoms with Crippen molar-refractivity contribution in [2.24, 2.45) is 0 Å². The van der Waals surface area contributed by atoms with Crippen LogP contribution in [0.3, 0.4) is 0 Å². The molecule has 8 aromatic carbocycles. The second kappa shape index (κ2) is 11.1. The van der Waals surface area contributed by atoms with Gasteiger partial charge < -0.3 is 4.90 Å². The minimum Gasteiger partial charge on any atom is -0.310 e. The van der Waals surface area contributed by atoms with E-state index in [4.69, 9.17) is 0 Å². The zero-order valence-electron chi connectivity index (χ0n) is 27.2. The first-order chi connectivity index (χ1) is 23.6. The smallest absolute Gasteiger partial charge is 0.0543 e. The summed E-state index contributed by atoms with van der Waals surface area (Å²) in [6.07, 6.45) is 0. The van der Waals surface area contributed by atoms with Crippen LogP contribution in [0.15, 0.2) is 176 Å². The van der Waals surface area contributed by atoms with E-state index in [0.717, 1.165) is 11.4 Å². The fourth-order valence-electron chi connectivity index (χ4n) is 7.77. The van der Waals surface area contributed by atoms with Crippen molar-refractivity contribution in [3.63, 3.8) is 0 Å². The Morgan fingerprint density at radius 2 is 0.896 bits per heavy atom. The zero-order chi connectivity index (χ0) is 32.2. The number of anilines is 3. The van der Waals surface area contributed by atoms with Crippen LogP contribution in [0.2, 0.25) is 0 Å². The molecule has 9 rings (SSSR count). The molecule has 1 aliphatic rings. The lowest BCUT2D eigenvalue weighted by atomic mass is 9.81. The van der Waals surface area contributed by atoms with Crippen LogP contribution < -0.4 is 4.90 Å². The monoisotopic (exact) mass is 613 g/mol. The molecule has 0 unspecified atom stereocenters. The summed E-state index contributed by atoms with van der Waals surface area (Å²) < 4.78 is 0. The van der Waals surface area contributed by atoms with Crippen molar-refractivity contribution in [1.29, 1.82) is 0 Å². The second-order valence-corrected chi connectivity index (χ2v) is 13.4. The van der Waals surface area contributed by atoms with Gasteiger partial charge in [0.1, 0.15) is 0 Å². The Labute approximate surface area is 282 Å². The molecule has 0 N–H and O–H groups in total. The van der Waals surface area contributed by atoms with Crippen LogP contribution in [0.4, 0.5) is 17.1 Å². The van der Waals surface area contributed by atoms with E-state index in [1.807, 2.05) is 0 Å². The van der Waals surface area contributed by atoms with E-state index in [-0.39, 0.29) is 5.41 Å². The van der Waals surface area contributed by atoms with Crippen LogP contribution in [0.5, 0.6) is 0 Å². The summed E-state index contributed by atoms with van der Waals surface area (Å²) in [6, 6.07) is 64.5. The molecule has 8 aromatic rings. The molecule has 0 bridgehead atoms. The van der Waals surface area contributed by atoms with Crippen LogP contribution in [0, 0.1) is 0 Å². The molecule has 0 radical (unpaired) electrons. The number of hydrogen-bond acceptors (Lipinski definition) is 1. The van der Waals surface area contributed by atoms with E-state index < -0.39 is 0 Å². The van der Waals surface area contributed by atoms with E-state index in [0.29, 0.717) is 0 Å². The van der Waals surface area contributed by atoms with Gasteiger partial charge in [0.05, 0.1) is 5.69 Å². The van der Waals surface area contributed by atoms with Crippen molar-refractivity contribution in [3.05, 3.63) is 187 Å². The second-order valence-electron chi connectivity index (χ2n) is 13.4. The maximum absolute atomic E-state index is 2.48. The molecular formula is C47H35N. The van der Waals surface area contributed by atoms with Crippen LogP contribution in [-0.4, -0.2) is 0 Å². The standard InChI is InChI=1S/C47H35N/c1-47(2)43-23-13-22-40(34-16-5-3-6-17-34)46(43)42-30-41(35-18-7-4-8-19-35)45(31-44(42)47)48(38-26-24-32-14-9-11-20-36(32)28-38)39-27-25-33-15-10-12-21-37(33)29-39/h3-31H,1-2H3. The highest BCUT2D eigenvalue weighted by Crippen LogP contribution is 2.56. The van der Waals surface area contributed by atoms with Crippen LogP contribution in [0.1, 0.15) is 25.0 Å². The third-order valence-corrected chi connectivity index (χ3v) is 10.2. The van der Waals surface area contributed by atoms with E-state index in [9.17, 15) is 0 Å². The Bertz CT molecular complexity index is 2390. The first kappa shape index (κ1) is 28.3. The van der Waals surface area contributed by atoms with Crippen molar-refractivity contribution >= 4 is 38.6 Å². The molecule has 0 amide bonds. The summed E-state index contributed by atoms with van der Waals surface area (Å²) in [7, 11) is 0. The quantitative estimate of drug-likeness (QED) is 0.187. The number of rotatable bonds is 5. The highest BCUT2D eigenvalue weighted by molar-refractivity contribution is 6.00. The van der Waals surface area contributed by atoms with Gasteiger partial charge in [0, 0.05) is 22.4 Å². The average Bonchev–Trinajstić information content (AvgIpc) is 3.37. The molecule has 0 fully saturated rings. The van der Waals surface area contributed by atoms with Gasteiger partial charge in [0.15, 0.2) is 0 Å². The molecule has 1 nitrogen and oxygen atoms in total. The largest absolute Gasteiger partial charge is 0.310 e. The summed E-state index contributed by atoms with van der Waals surface area (Å²) in [5, 5.41) is 4.93. The molecule has 48 heavy (non-hydrogen) atoms. The molecule has 0 aliphatic heterocycles. The van der Waals surface area contributed by atoms with Crippen molar-refractivity contribution in [2.45, 2.75) is 19.3 Å². The van der Waals surface area contributed by atoms with Gasteiger partial charge in [-0.05, 0) is 96.9 Å². The molecule has 0 spiro atoms. The number of benzene rings is 8. The highest BCUT2D eigenvalue weighted by atomic mass is 15.1. The minimum absolute atomic E-state index is 0.183. The summed E-state index contributed by atoms with van der Waals surface area (Å²) in [5.74, 6) is 0. The lowest BCUT2D eigenvalue weighted by molar-refractivity contribution is 0.660. The normalized spacial score (nSPS) is 13.0. The fraction of sp³-hybridized carbons (Fsp3) is 0.0638. The molecule has 228 valence electrons. The lowest BCUT2D eigenvalue weighted by Gasteiger charge is -2.31. The van der Waals surface area contributed by atoms with Crippen molar-refractivity contribution in [3.8, 4) is 33.4 Å². The van der Waals surface area contributed by atoms with Gasteiger partial charge in [-0.25, -0.2) is 0 Å². The number of nitrogens with zero attached hydrogens (tertiary/aromatic N) is 1. The van der Waals surface area contributed by atoms with Gasteiger partial charge in [0.2, 0.25) is 0 Å². The first-order valence-electron chi connectivity index (χ1n) is 16.8. The van der Waals surface area contributed by atoms with Crippen LogP contribution in [0.25, 0.3) is 54.9 Å². The first-order valence-corrected chi connectivity index (χ1v) is 16.8. The summed E-state index contributed by atoms with van der Waals surface area (Å²) >= 11 is 0. The van der Waals surface area contributed by atoms with Crippen molar-refractivity contribution in [1.82, 2.24) is 0 Å². The topological polar surface area (TPSA) is 3.24 Å². The third kappa shape index (κ3) is 4.54. The zero-order valence-corrected chi connectivity index (χ0v) is 27.2. The van der Waals surface area contributed by atoms with Gasteiger partial charge in [-0.3, -0.25) is 0 Å². The van der Waals surface area contributed by atoms with Gasteiger partial charge in [-0.15, -0.1) is 0 Å². The Kier molecular flexibility index (Phi) is 6.55. The molecular weight excluding hydrogens is 579 g/mol. The van der Waals surface area contributed by atoms with Gasteiger partial charge in [-0.1, -0.05) is 153 Å². The van der Waals surface area contributed by atoms with Crippen LogP contribution in [-0.2, 0) is 5.41 Å². The molecule has 0 aromatic heterocycles. The molecule has 1 aliphatic carbocycles. The summed E-state index contributed by atoms with van der Waals surface area (Å²) in [5.41, 5.74) is 13.6. The Morgan fingerprint density at radius 1 is 0.375 bits per heavy atom. The predicted molar refractivity (Wildman–Crippen MR) is 205 cm³/mol. The maximum atomic E-state index is 2.48. The SMILES string of the molecule is CC1(C)c2cc(N(c3ccc4ccccc4c3)c3ccc4ccccc4c3)c(-c3ccccc3)cc2-c2c(-c3ccccc3)cccc21. The third-order valence-electron chi connectivity index (χ3n) is 10.2. The Balaban J connectivity index is 1.36. The van der Waals surface area contributed by atoms with E-state index in [1.165, 1.54) is 71.7 Å². The van der Waals surface area contributed by atoms with Gasteiger partial charge >= 0.3 is 0 Å². The molecule has 1 heteroatoms. The number of hydrogen-bond donors (Lipinski definition) is 0. The van der Waals surface area contributed by atoms with Crippen LogP contribution >= 0.6 is 0 Å². The summed E-state index contributed by atoms with van der Waals surface area (Å²) in [6.45, 7) is 4.77. The van der Waals surface area contributed by atoms with E-state index in [2.05, 4.69) is 195 Å². The molecule has 0 atom stereocenters. The maximum Gasteiger partial charge on any atom is 0.0543 e. The average molecular weight is 614 g/mol. The molecule has 0 saturated heterocycles. The van der Waals surface area contributed by atoms with Gasteiger partial charge in [0.25, 0.3) is 0 Å². The highest BCUT2D eigenvalue weighted by Gasteiger charge is 2.38. The minimum atomic E-state index is -0.183. The number of fused-ring (bicyclic) bond motifs is 5. The van der Waals surface area contributed by atoms with Crippen molar-refractivity contribution < 1.29 is 0 Å². The Morgan fingerprint density at radius 3 is 1.48 bits per heavy atom. The summed E-state index contributed by atoms with van der Waals surface area (Å²) in [4.78, 5) is 2.47. The van der Waals surface area contributed by atoms with Gasteiger partial charge in [-0.2, -0.15) is 0 Å². The lowest BCUT2D eigenvalue weighted by Crippen LogP contribution is -2.17. The van der Waals surface area contributed by atoms with E-state index in [1.54, 1.807) is 0 Å². The van der Waals surface area contributed by atoms with E-state index >= 15 is 0 Å². The van der Waals surface area contributed by atoms with Crippen molar-refractivity contribution in [2.75, 3.05) is 4.90 Å². The molecule has 0 heterocycles. The predicted octanol–water partition coefficient (Wildman–Crippen LogP) is 13.1. The fourth-order valence-corrected chi connectivity index (χ4v) is 7.77. The Hall–Kier alpha value is -5.92. The molecule has 0 saturated carbocycles.